The lowest BCUT2D eigenvalue weighted by Gasteiger charge is -2.29. The lowest BCUT2D eigenvalue weighted by molar-refractivity contribution is 0.0873. The van der Waals surface area contributed by atoms with Crippen LogP contribution in [-0.4, -0.2) is 38.7 Å². The van der Waals surface area contributed by atoms with E-state index in [0.717, 1.165) is 17.9 Å². The molecule has 2 aliphatic rings. The van der Waals surface area contributed by atoms with Crippen LogP contribution < -0.4 is 23.7 Å². The Balaban J connectivity index is 1.44. The molecule has 0 atom stereocenters. The topological polar surface area (TPSA) is 66.5 Å². The molecule has 7 nitrogen and oxygen atoms in total. The number of hydrogen-bond donors (Lipinski definition) is 0. The second-order valence-electron chi connectivity index (χ2n) is 8.55. The van der Waals surface area contributed by atoms with Crippen LogP contribution in [0.4, 0.5) is 0 Å². The van der Waals surface area contributed by atoms with E-state index in [1.54, 1.807) is 45.6 Å². The third kappa shape index (κ3) is 4.31. The number of benzene rings is 3. The molecule has 0 N–H and O–H groups in total. The fourth-order valence-corrected chi connectivity index (χ4v) is 4.36. The van der Waals surface area contributed by atoms with Gasteiger partial charge in [-0.3, -0.25) is 9.69 Å². The molecule has 35 heavy (non-hydrogen) atoms. The summed E-state index contributed by atoms with van der Waals surface area (Å²) in [4.78, 5) is 15.4. The van der Waals surface area contributed by atoms with E-state index in [9.17, 15) is 4.79 Å². The van der Waals surface area contributed by atoms with Crippen LogP contribution in [0, 0.1) is 6.92 Å². The molecule has 0 aromatic heterocycles. The fourth-order valence-electron chi connectivity index (χ4n) is 4.36. The van der Waals surface area contributed by atoms with E-state index in [0.29, 0.717) is 47.4 Å². The molecule has 0 saturated heterocycles. The zero-order chi connectivity index (χ0) is 24.5. The zero-order valence-electron chi connectivity index (χ0n) is 20.2. The number of aryl methyl sites for hydroxylation is 1. The zero-order valence-corrected chi connectivity index (χ0v) is 20.2. The summed E-state index contributed by atoms with van der Waals surface area (Å²) in [6.07, 6.45) is 1.67. The lowest BCUT2D eigenvalue weighted by Crippen LogP contribution is -2.31. The van der Waals surface area contributed by atoms with Crippen LogP contribution in [0.2, 0.25) is 0 Å². The maximum Gasteiger partial charge on any atom is 0.231 e. The number of nitrogens with zero attached hydrogens (tertiary/aromatic N) is 1. The van der Waals surface area contributed by atoms with Crippen LogP contribution in [0.1, 0.15) is 32.6 Å². The van der Waals surface area contributed by atoms with E-state index in [2.05, 4.69) is 36.1 Å². The third-order valence-corrected chi connectivity index (χ3v) is 6.23. The molecule has 7 heteroatoms. The Labute approximate surface area is 204 Å². The van der Waals surface area contributed by atoms with Gasteiger partial charge in [0, 0.05) is 24.7 Å². The van der Waals surface area contributed by atoms with Gasteiger partial charge in [0.1, 0.15) is 24.0 Å². The van der Waals surface area contributed by atoms with Gasteiger partial charge in [0.15, 0.2) is 17.3 Å². The standard InChI is InChI=1S/C28H27NO6/c1-17-5-7-18(8-6-17)14-29-15-21-22(34-16-29)10-9-20-27(30)26(35-28(20)21)12-19-11-24(32-3)25(33-4)13-23(19)31-2/h5-13H,14-16H2,1-4H3/b26-12-. The summed E-state index contributed by atoms with van der Waals surface area (Å²) in [5, 5.41) is 0. The number of Topliss-reactive ketones (excluding diaryl/α,β-unsaturated/α-hetero) is 1. The van der Waals surface area contributed by atoms with Crippen molar-refractivity contribution in [1.82, 2.24) is 4.90 Å². The highest BCUT2D eigenvalue weighted by atomic mass is 16.5. The Hall–Kier alpha value is -3.97. The van der Waals surface area contributed by atoms with Crippen molar-refractivity contribution in [1.29, 1.82) is 0 Å². The molecule has 0 amide bonds. The number of methoxy groups -OCH3 is 3. The van der Waals surface area contributed by atoms with Crippen LogP contribution in [0.25, 0.3) is 6.08 Å². The Morgan fingerprint density at radius 1 is 0.943 bits per heavy atom. The fraction of sp³-hybridized carbons (Fsp3) is 0.250. The molecule has 5 rings (SSSR count). The summed E-state index contributed by atoms with van der Waals surface area (Å²) in [6.45, 7) is 3.90. The first-order valence-electron chi connectivity index (χ1n) is 11.3. The minimum absolute atomic E-state index is 0.185. The molecular formula is C28H27NO6. The molecule has 2 aliphatic heterocycles. The highest BCUT2D eigenvalue weighted by molar-refractivity contribution is 6.15. The van der Waals surface area contributed by atoms with Crippen LogP contribution in [0.5, 0.6) is 28.7 Å². The maximum absolute atomic E-state index is 13.2. The molecule has 0 bridgehead atoms. The van der Waals surface area contributed by atoms with Crippen molar-refractivity contribution in [3.8, 4) is 28.7 Å². The molecule has 3 aromatic carbocycles. The summed E-state index contributed by atoms with van der Waals surface area (Å²) in [6, 6.07) is 15.5. The molecule has 3 aromatic rings. The maximum atomic E-state index is 13.2. The number of allylic oxidation sites excluding steroid dienone is 1. The van der Waals surface area contributed by atoms with Crippen LogP contribution in [-0.2, 0) is 13.1 Å². The quantitative estimate of drug-likeness (QED) is 0.467. The van der Waals surface area contributed by atoms with E-state index in [1.165, 1.54) is 11.1 Å². The minimum atomic E-state index is -0.185. The Morgan fingerprint density at radius 3 is 2.37 bits per heavy atom. The van der Waals surface area contributed by atoms with Gasteiger partial charge in [0.2, 0.25) is 5.78 Å². The molecule has 0 fully saturated rings. The molecule has 0 spiro atoms. The number of ether oxygens (including phenoxy) is 5. The van der Waals surface area contributed by atoms with Gasteiger partial charge in [-0.15, -0.1) is 0 Å². The van der Waals surface area contributed by atoms with Gasteiger partial charge >= 0.3 is 0 Å². The SMILES string of the molecule is COc1cc(OC)c(OC)cc1/C=C1\Oc2c(ccc3c2CN(Cc2ccc(C)cc2)CO3)C1=O. The monoisotopic (exact) mass is 473 g/mol. The molecule has 0 aliphatic carbocycles. The Morgan fingerprint density at radius 2 is 1.66 bits per heavy atom. The first-order chi connectivity index (χ1) is 17.0. The largest absolute Gasteiger partial charge is 0.496 e. The molecule has 2 heterocycles. The molecule has 180 valence electrons. The van der Waals surface area contributed by atoms with Gasteiger partial charge in [-0.2, -0.15) is 0 Å². The molecule has 0 radical (unpaired) electrons. The smallest absolute Gasteiger partial charge is 0.231 e. The van der Waals surface area contributed by atoms with Crippen molar-refractivity contribution >= 4 is 11.9 Å². The van der Waals surface area contributed by atoms with Gasteiger partial charge in [-0.05, 0) is 36.8 Å². The van der Waals surface area contributed by atoms with Crippen molar-refractivity contribution in [2.75, 3.05) is 28.1 Å². The van der Waals surface area contributed by atoms with Gasteiger partial charge in [-0.25, -0.2) is 0 Å². The van der Waals surface area contributed by atoms with Crippen molar-refractivity contribution in [3.63, 3.8) is 0 Å². The average molecular weight is 474 g/mol. The highest BCUT2D eigenvalue weighted by Gasteiger charge is 2.34. The summed E-state index contributed by atoms with van der Waals surface area (Å²) >= 11 is 0. The Kier molecular flexibility index (Phi) is 6.09. The van der Waals surface area contributed by atoms with Gasteiger partial charge in [-0.1, -0.05) is 29.8 Å². The minimum Gasteiger partial charge on any atom is -0.496 e. The summed E-state index contributed by atoms with van der Waals surface area (Å²) in [5.74, 6) is 2.92. The van der Waals surface area contributed by atoms with E-state index in [4.69, 9.17) is 23.7 Å². The van der Waals surface area contributed by atoms with Gasteiger partial charge in [0.05, 0.1) is 32.5 Å². The van der Waals surface area contributed by atoms with E-state index in [-0.39, 0.29) is 11.5 Å². The number of carbonyl (C=O) groups is 1. The lowest BCUT2D eigenvalue weighted by atomic mass is 10.0. The van der Waals surface area contributed by atoms with E-state index >= 15 is 0 Å². The molecular weight excluding hydrogens is 446 g/mol. The van der Waals surface area contributed by atoms with Crippen molar-refractivity contribution in [2.45, 2.75) is 20.0 Å². The van der Waals surface area contributed by atoms with E-state index < -0.39 is 0 Å². The van der Waals surface area contributed by atoms with Crippen LogP contribution in [0.15, 0.2) is 54.3 Å². The number of ketones is 1. The Bertz CT molecular complexity index is 1310. The van der Waals surface area contributed by atoms with Crippen molar-refractivity contribution in [2.24, 2.45) is 0 Å². The number of rotatable bonds is 6. The van der Waals surface area contributed by atoms with Gasteiger partial charge < -0.3 is 23.7 Å². The second kappa shape index (κ2) is 9.35. The van der Waals surface area contributed by atoms with Crippen LogP contribution >= 0.6 is 0 Å². The number of hydrogen-bond acceptors (Lipinski definition) is 7. The highest BCUT2D eigenvalue weighted by Crippen LogP contribution is 2.43. The normalized spacial score (nSPS) is 15.8. The predicted octanol–water partition coefficient (Wildman–Crippen LogP) is 4.99. The summed E-state index contributed by atoms with van der Waals surface area (Å²) in [7, 11) is 4.68. The molecule has 0 saturated carbocycles. The van der Waals surface area contributed by atoms with Crippen molar-refractivity contribution < 1.29 is 28.5 Å². The number of fused-ring (bicyclic) bond motifs is 3. The first kappa shape index (κ1) is 22.8. The summed E-state index contributed by atoms with van der Waals surface area (Å²) in [5.41, 5.74) is 4.47. The summed E-state index contributed by atoms with van der Waals surface area (Å²) < 4.78 is 28.4. The third-order valence-electron chi connectivity index (χ3n) is 6.23. The van der Waals surface area contributed by atoms with Crippen molar-refractivity contribution in [3.05, 3.63) is 82.1 Å². The second-order valence-corrected chi connectivity index (χ2v) is 8.55. The van der Waals surface area contributed by atoms with Crippen LogP contribution in [0.3, 0.4) is 0 Å². The predicted molar refractivity (Wildman–Crippen MR) is 131 cm³/mol. The molecule has 0 unspecified atom stereocenters. The van der Waals surface area contributed by atoms with Gasteiger partial charge in [0.25, 0.3) is 0 Å². The van der Waals surface area contributed by atoms with E-state index in [1.807, 2.05) is 6.07 Å². The number of carbonyl (C=O) groups excluding carboxylic acids is 1. The first-order valence-corrected chi connectivity index (χ1v) is 11.3. The average Bonchev–Trinajstić information content (AvgIpc) is 3.20.